The molecule has 0 radical (unpaired) electrons. The number of rotatable bonds is 5. The summed E-state index contributed by atoms with van der Waals surface area (Å²) in [7, 11) is -3.90. The maximum absolute atomic E-state index is 13.8. The monoisotopic (exact) mass is 662 g/mol. The van der Waals surface area contributed by atoms with Crippen molar-refractivity contribution in [2.24, 2.45) is 10.4 Å². The van der Waals surface area contributed by atoms with Crippen molar-refractivity contribution in [3.05, 3.63) is 74.9 Å². The number of amides is 2. The van der Waals surface area contributed by atoms with E-state index in [0.717, 1.165) is 48.7 Å². The van der Waals surface area contributed by atoms with Crippen molar-refractivity contribution >= 4 is 33.7 Å². The van der Waals surface area contributed by atoms with Gasteiger partial charge in [-0.15, -0.1) is 0 Å². The smallest absolute Gasteiger partial charge is 0.380 e. The van der Waals surface area contributed by atoms with Crippen LogP contribution in [0.2, 0.25) is 0 Å². The standard InChI is InChI=1S/C32H34F4N4O5S/c1-20-15-23(28(41)39-10-6-30(7-11-39)18-45-19-30)16-21(2)24(20)5-14-46(43,44)40-12-8-31(9-13-40)29(42)37-27(38-31)22-3-4-26(33)25(17-22)32(34,35)36/h3-5,14-17H,6-13,18-19H2,1-2H3,(H,37,38,42). The molecule has 2 spiro atoms. The van der Waals surface area contributed by atoms with Crippen molar-refractivity contribution in [2.45, 2.75) is 51.2 Å². The molecular formula is C32H34F4N4O5S. The summed E-state index contributed by atoms with van der Waals surface area (Å²) in [6.45, 7) is 6.44. The number of sulfonamides is 1. The fraction of sp³-hybridized carbons (Fsp3) is 0.469. The van der Waals surface area contributed by atoms with Crippen molar-refractivity contribution < 1.29 is 40.3 Å². The van der Waals surface area contributed by atoms with Crippen LogP contribution in [0.5, 0.6) is 0 Å². The number of aryl methyl sites for hydroxylation is 2. The zero-order valence-corrected chi connectivity index (χ0v) is 26.2. The Kier molecular flexibility index (Phi) is 8.13. The minimum absolute atomic E-state index is 0.0161. The van der Waals surface area contributed by atoms with Crippen molar-refractivity contribution in [3.63, 3.8) is 0 Å². The first kappa shape index (κ1) is 32.3. The summed E-state index contributed by atoms with van der Waals surface area (Å²) in [5.41, 5.74) is 0.0614. The Balaban J connectivity index is 1.12. The number of halogens is 4. The topological polar surface area (TPSA) is 108 Å². The molecule has 9 nitrogen and oxygen atoms in total. The zero-order chi connectivity index (χ0) is 33.1. The van der Waals surface area contributed by atoms with Gasteiger partial charge in [-0.05, 0) is 92.6 Å². The Bertz CT molecular complexity index is 1730. The number of nitrogens with zero attached hydrogens (tertiary/aromatic N) is 3. The number of aliphatic imine (C=N–C) groups is 1. The largest absolute Gasteiger partial charge is 0.419 e. The molecule has 1 N–H and O–H groups in total. The lowest BCUT2D eigenvalue weighted by atomic mass is 9.77. The molecule has 0 bridgehead atoms. The van der Waals surface area contributed by atoms with Crippen LogP contribution in [-0.2, 0) is 25.7 Å². The first-order chi connectivity index (χ1) is 21.6. The third-order valence-corrected chi connectivity index (χ3v) is 11.2. The Morgan fingerprint density at radius 2 is 1.63 bits per heavy atom. The van der Waals surface area contributed by atoms with E-state index in [2.05, 4.69) is 10.3 Å². The Morgan fingerprint density at radius 3 is 2.20 bits per heavy atom. The minimum atomic E-state index is -4.92. The molecule has 4 aliphatic rings. The van der Waals surface area contributed by atoms with Gasteiger partial charge in [0.15, 0.2) is 0 Å². The number of carbonyl (C=O) groups excluding carboxylic acids is 2. The predicted molar refractivity (Wildman–Crippen MR) is 162 cm³/mol. The van der Waals surface area contributed by atoms with Crippen LogP contribution in [0.1, 0.15) is 63.9 Å². The summed E-state index contributed by atoms with van der Waals surface area (Å²) in [6, 6.07) is 5.92. The zero-order valence-electron chi connectivity index (χ0n) is 25.4. The van der Waals surface area contributed by atoms with E-state index in [1.54, 1.807) is 12.1 Å². The normalized spacial score (nSPS) is 21.5. The number of likely N-dealkylation sites (tertiary alicyclic amines) is 1. The molecule has 6 rings (SSSR count). The molecule has 2 aromatic rings. The van der Waals surface area contributed by atoms with Gasteiger partial charge in [-0.25, -0.2) is 12.8 Å². The van der Waals surface area contributed by atoms with Crippen LogP contribution in [0.4, 0.5) is 17.6 Å². The van der Waals surface area contributed by atoms with Gasteiger partial charge in [0.25, 0.3) is 11.8 Å². The summed E-state index contributed by atoms with van der Waals surface area (Å²) in [5, 5.41) is 3.60. The first-order valence-electron chi connectivity index (χ1n) is 15.1. The number of amidine groups is 1. The lowest BCUT2D eigenvalue weighted by Gasteiger charge is -2.47. The third-order valence-electron chi connectivity index (χ3n) is 9.61. The molecule has 0 aliphatic carbocycles. The van der Waals surface area contributed by atoms with E-state index < -0.39 is 39.0 Å². The number of benzene rings is 2. The summed E-state index contributed by atoms with van der Waals surface area (Å²) >= 11 is 0. The van der Waals surface area contributed by atoms with Crippen LogP contribution in [0, 0.1) is 25.1 Å². The summed E-state index contributed by atoms with van der Waals surface area (Å²) in [4.78, 5) is 32.4. The molecule has 0 saturated carbocycles. The predicted octanol–water partition coefficient (Wildman–Crippen LogP) is 4.43. The Labute approximate surface area is 264 Å². The van der Waals surface area contributed by atoms with Crippen LogP contribution in [0.25, 0.3) is 6.08 Å². The molecule has 14 heteroatoms. The summed E-state index contributed by atoms with van der Waals surface area (Å²) in [6.07, 6.45) is -1.55. The second kappa shape index (κ2) is 11.6. The molecule has 0 atom stereocenters. The summed E-state index contributed by atoms with van der Waals surface area (Å²) < 4.78 is 86.5. The van der Waals surface area contributed by atoms with Crippen molar-refractivity contribution in [3.8, 4) is 0 Å². The highest BCUT2D eigenvalue weighted by Gasteiger charge is 2.48. The average molecular weight is 663 g/mol. The molecule has 0 aromatic heterocycles. The second-order valence-corrected chi connectivity index (χ2v) is 14.5. The third kappa shape index (κ3) is 5.97. The number of alkyl halides is 3. The van der Waals surface area contributed by atoms with Gasteiger partial charge in [0, 0.05) is 48.1 Å². The van der Waals surface area contributed by atoms with Crippen molar-refractivity contribution in [1.29, 1.82) is 0 Å². The molecule has 3 saturated heterocycles. The maximum Gasteiger partial charge on any atom is 0.419 e. The van der Waals surface area contributed by atoms with Gasteiger partial charge < -0.3 is 15.0 Å². The second-order valence-electron chi connectivity index (χ2n) is 12.7. The highest BCUT2D eigenvalue weighted by molar-refractivity contribution is 7.92. The van der Waals surface area contributed by atoms with Gasteiger partial charge in [-0.1, -0.05) is 0 Å². The van der Waals surface area contributed by atoms with E-state index in [-0.39, 0.29) is 48.7 Å². The highest BCUT2D eigenvalue weighted by Crippen LogP contribution is 2.39. The van der Waals surface area contributed by atoms with E-state index in [9.17, 15) is 35.6 Å². The van der Waals surface area contributed by atoms with Crippen LogP contribution >= 0.6 is 0 Å². The van der Waals surface area contributed by atoms with E-state index >= 15 is 0 Å². The van der Waals surface area contributed by atoms with Crippen molar-refractivity contribution in [2.75, 3.05) is 39.4 Å². The van der Waals surface area contributed by atoms with Gasteiger partial charge >= 0.3 is 6.18 Å². The van der Waals surface area contributed by atoms with E-state index in [4.69, 9.17) is 4.74 Å². The number of ether oxygens (including phenoxy) is 1. The molecule has 0 unspecified atom stereocenters. The molecule has 246 valence electrons. The lowest BCUT2D eigenvalue weighted by Crippen LogP contribution is -2.52. The Morgan fingerprint density at radius 1 is 1.00 bits per heavy atom. The minimum Gasteiger partial charge on any atom is -0.380 e. The van der Waals surface area contributed by atoms with E-state index in [1.807, 2.05) is 18.7 Å². The molecule has 3 fully saturated rings. The highest BCUT2D eigenvalue weighted by atomic mass is 32.2. The molecule has 4 aliphatic heterocycles. The fourth-order valence-corrected chi connectivity index (χ4v) is 7.81. The quantitative estimate of drug-likeness (QED) is 0.477. The Hall–Kier alpha value is -3.62. The van der Waals surface area contributed by atoms with Crippen LogP contribution in [-0.4, -0.2) is 80.2 Å². The average Bonchev–Trinajstić information content (AvgIpc) is 3.30. The van der Waals surface area contributed by atoms with Crippen molar-refractivity contribution in [1.82, 2.24) is 14.5 Å². The van der Waals surface area contributed by atoms with Crippen LogP contribution < -0.4 is 5.32 Å². The number of hydrogen-bond acceptors (Lipinski definition) is 6. The first-order valence-corrected chi connectivity index (χ1v) is 16.6. The fourth-order valence-electron chi connectivity index (χ4n) is 6.64. The summed E-state index contributed by atoms with van der Waals surface area (Å²) in [5.74, 6) is -2.15. The molecule has 46 heavy (non-hydrogen) atoms. The number of piperidine rings is 2. The van der Waals surface area contributed by atoms with Crippen LogP contribution in [0.15, 0.2) is 40.7 Å². The SMILES string of the molecule is Cc1cc(C(=O)N2CCC3(CC2)COC3)cc(C)c1C=CS(=O)(=O)N1CCC2(CC1)N=C(c1ccc(F)c(C(F)(F)F)c1)NC2=O. The van der Waals surface area contributed by atoms with Gasteiger partial charge in [0.05, 0.1) is 18.8 Å². The van der Waals surface area contributed by atoms with Crippen LogP contribution in [0.3, 0.4) is 0 Å². The molecule has 2 amide bonds. The molecular weight excluding hydrogens is 628 g/mol. The maximum atomic E-state index is 13.8. The number of carbonyl (C=O) groups is 2. The number of hydrogen-bond donors (Lipinski definition) is 1. The van der Waals surface area contributed by atoms with E-state index in [0.29, 0.717) is 36.3 Å². The lowest BCUT2D eigenvalue weighted by molar-refractivity contribution is -0.140. The molecule has 4 heterocycles. The van der Waals surface area contributed by atoms with E-state index in [1.165, 1.54) is 10.4 Å². The molecule has 2 aromatic carbocycles. The van der Waals surface area contributed by atoms with Gasteiger partial charge in [-0.3, -0.25) is 14.6 Å². The van der Waals surface area contributed by atoms with Gasteiger partial charge in [-0.2, -0.15) is 17.5 Å². The number of nitrogens with one attached hydrogen (secondary N) is 1. The van der Waals surface area contributed by atoms with Gasteiger partial charge in [0.1, 0.15) is 17.2 Å². The van der Waals surface area contributed by atoms with Gasteiger partial charge in [0.2, 0.25) is 10.0 Å².